The average molecular weight is 561 g/mol. The number of nitrogens with one attached hydrogen (secondary N) is 2. The van der Waals surface area contributed by atoms with Crippen LogP contribution >= 0.6 is 0 Å². The van der Waals surface area contributed by atoms with Gasteiger partial charge < -0.3 is 35.8 Å². The molecule has 0 saturated carbocycles. The third kappa shape index (κ3) is 15.1. The molecule has 0 aromatic rings. The van der Waals surface area contributed by atoms with E-state index in [4.69, 9.17) is 9.84 Å². The summed E-state index contributed by atoms with van der Waals surface area (Å²) in [5, 5.41) is 44.1. The van der Waals surface area contributed by atoms with Crippen LogP contribution in [0.3, 0.4) is 0 Å². The van der Waals surface area contributed by atoms with E-state index in [2.05, 4.69) is 78.3 Å². The zero-order valence-electron chi connectivity index (χ0n) is 23.8. The summed E-state index contributed by atoms with van der Waals surface area (Å²) in [7, 11) is 0. The van der Waals surface area contributed by atoms with Gasteiger partial charge in [0.15, 0.2) is 6.29 Å². The van der Waals surface area contributed by atoms with Crippen molar-refractivity contribution in [1.29, 1.82) is 0 Å². The minimum Gasteiger partial charge on any atom is -0.394 e. The number of amides is 2. The molecule has 0 aromatic carbocycles. The van der Waals surface area contributed by atoms with E-state index in [9.17, 15) is 24.9 Å². The van der Waals surface area contributed by atoms with Crippen molar-refractivity contribution < 1.29 is 34.8 Å². The summed E-state index contributed by atoms with van der Waals surface area (Å²) in [6.07, 6.45) is 25.9. The molecule has 1 saturated heterocycles. The van der Waals surface area contributed by atoms with E-state index < -0.39 is 49.2 Å². The van der Waals surface area contributed by atoms with Crippen LogP contribution in [0.4, 0.5) is 0 Å². The van der Waals surface area contributed by atoms with E-state index in [1.165, 1.54) is 6.92 Å². The standard InChI is InChI=1S/C31H48N2O7/c1-3-4-5-6-7-8-9-10-11-12-13-14-15-16-17-18-19-20-21-22-26(35)32-24(2)30(38)33-27-29(37)28(36)25(23-34)40-31(27)39/h4-5,7-8,10-11,13-14,16-17,19-20,24-25,27-29,31,34,36-37,39H,3,6,9,12,15,18,21-23H2,1-2H3,(H,32,35)(H,33,38)/b5-4-,8-7-,11-10-,14-13-,17-16-,20-19-/t24-,25?,27-,28+,29?,31+/m0/s1. The Labute approximate surface area is 238 Å². The first kappa shape index (κ1) is 35.2. The fraction of sp³-hybridized carbons (Fsp3) is 0.548. The van der Waals surface area contributed by atoms with E-state index in [1.54, 1.807) is 0 Å². The van der Waals surface area contributed by atoms with Gasteiger partial charge in [-0.25, -0.2) is 0 Å². The smallest absolute Gasteiger partial charge is 0.242 e. The van der Waals surface area contributed by atoms with Crippen molar-refractivity contribution in [2.75, 3.05) is 6.61 Å². The average Bonchev–Trinajstić information content (AvgIpc) is 2.94. The molecular weight excluding hydrogens is 512 g/mol. The van der Waals surface area contributed by atoms with Crippen LogP contribution < -0.4 is 10.6 Å². The second-order valence-electron chi connectivity index (χ2n) is 9.51. The molecule has 1 aliphatic rings. The fourth-order valence-corrected chi connectivity index (χ4v) is 3.78. The number of carbonyl (C=O) groups is 2. The van der Waals surface area contributed by atoms with E-state index in [0.717, 1.165) is 38.5 Å². The number of hydrogen-bond acceptors (Lipinski definition) is 7. The van der Waals surface area contributed by atoms with Gasteiger partial charge in [0.2, 0.25) is 11.8 Å². The lowest BCUT2D eigenvalue weighted by Gasteiger charge is -2.40. The van der Waals surface area contributed by atoms with E-state index in [0.29, 0.717) is 6.42 Å². The molecule has 0 radical (unpaired) electrons. The maximum Gasteiger partial charge on any atom is 0.242 e. The number of rotatable bonds is 18. The van der Waals surface area contributed by atoms with Crippen molar-refractivity contribution in [2.24, 2.45) is 0 Å². The van der Waals surface area contributed by atoms with Crippen molar-refractivity contribution >= 4 is 11.8 Å². The zero-order chi connectivity index (χ0) is 29.6. The SMILES string of the molecule is CC/C=C\C/C=C\C/C=C\C/C=C\C/C=C\C/C=C\CCC(=O)N[C@@H](C)C(=O)N[C@H]1C(O)[C@H](O)C(CO)O[C@H]1O. The van der Waals surface area contributed by atoms with Gasteiger partial charge >= 0.3 is 0 Å². The Bertz CT molecular complexity index is 894. The molecule has 224 valence electrons. The molecule has 0 aliphatic carbocycles. The Balaban J connectivity index is 2.16. The molecule has 40 heavy (non-hydrogen) atoms. The number of ether oxygens (including phenoxy) is 1. The minimum atomic E-state index is -1.62. The highest BCUT2D eigenvalue weighted by atomic mass is 16.6. The highest BCUT2D eigenvalue weighted by molar-refractivity contribution is 5.87. The second kappa shape index (κ2) is 21.9. The highest BCUT2D eigenvalue weighted by Gasteiger charge is 2.44. The molecule has 6 atom stereocenters. The van der Waals surface area contributed by atoms with Crippen molar-refractivity contribution in [3.05, 3.63) is 72.9 Å². The van der Waals surface area contributed by atoms with Crippen LogP contribution in [0, 0.1) is 0 Å². The molecule has 6 N–H and O–H groups in total. The summed E-state index contributed by atoms with van der Waals surface area (Å²) in [6.45, 7) is 3.01. The lowest BCUT2D eigenvalue weighted by atomic mass is 9.97. The third-order valence-electron chi connectivity index (χ3n) is 6.11. The fourth-order valence-electron chi connectivity index (χ4n) is 3.78. The Morgan fingerprint density at radius 2 is 1.25 bits per heavy atom. The maximum absolute atomic E-state index is 12.4. The number of aliphatic hydroxyl groups is 4. The van der Waals surface area contributed by atoms with Gasteiger partial charge in [-0.15, -0.1) is 0 Å². The minimum absolute atomic E-state index is 0.203. The summed E-state index contributed by atoms with van der Waals surface area (Å²) in [5.74, 6) is -0.966. The zero-order valence-corrected chi connectivity index (χ0v) is 23.8. The molecule has 1 heterocycles. The van der Waals surface area contributed by atoms with Crippen LogP contribution in [0.5, 0.6) is 0 Å². The van der Waals surface area contributed by atoms with Gasteiger partial charge in [0, 0.05) is 6.42 Å². The van der Waals surface area contributed by atoms with E-state index >= 15 is 0 Å². The largest absolute Gasteiger partial charge is 0.394 e. The quantitative estimate of drug-likeness (QED) is 0.141. The van der Waals surface area contributed by atoms with Crippen molar-refractivity contribution in [3.8, 4) is 0 Å². The molecule has 1 fully saturated rings. The Kier molecular flexibility index (Phi) is 19.3. The summed E-state index contributed by atoms with van der Waals surface area (Å²) < 4.78 is 5.01. The number of carbonyl (C=O) groups excluding carboxylic acids is 2. The Morgan fingerprint density at radius 1 is 0.775 bits per heavy atom. The lowest BCUT2D eigenvalue weighted by molar-refractivity contribution is -0.253. The van der Waals surface area contributed by atoms with Crippen LogP contribution in [-0.4, -0.2) is 75.5 Å². The summed E-state index contributed by atoms with van der Waals surface area (Å²) in [5.41, 5.74) is 0. The van der Waals surface area contributed by atoms with Gasteiger partial charge in [-0.3, -0.25) is 9.59 Å². The van der Waals surface area contributed by atoms with E-state index in [-0.39, 0.29) is 12.3 Å². The van der Waals surface area contributed by atoms with Crippen molar-refractivity contribution in [1.82, 2.24) is 10.6 Å². The number of hydrogen-bond donors (Lipinski definition) is 6. The van der Waals surface area contributed by atoms with Crippen LogP contribution in [0.2, 0.25) is 0 Å². The van der Waals surface area contributed by atoms with Crippen LogP contribution in [-0.2, 0) is 14.3 Å². The molecule has 1 rings (SSSR count). The molecule has 2 unspecified atom stereocenters. The number of allylic oxidation sites excluding steroid dienone is 12. The molecule has 2 amide bonds. The first-order valence-electron chi connectivity index (χ1n) is 14.1. The highest BCUT2D eigenvalue weighted by Crippen LogP contribution is 2.19. The van der Waals surface area contributed by atoms with Crippen LogP contribution in [0.25, 0.3) is 0 Å². The van der Waals surface area contributed by atoms with Crippen LogP contribution in [0.15, 0.2) is 72.9 Å². The first-order valence-corrected chi connectivity index (χ1v) is 14.1. The van der Waals surface area contributed by atoms with Gasteiger partial charge in [-0.05, 0) is 51.9 Å². The normalized spacial score (nSPS) is 24.8. The summed E-state index contributed by atoms with van der Waals surface area (Å²) in [6, 6.07) is -2.23. The first-order chi connectivity index (χ1) is 19.3. The van der Waals surface area contributed by atoms with E-state index in [1.807, 2.05) is 12.2 Å². The molecule has 9 nitrogen and oxygen atoms in total. The molecule has 9 heteroatoms. The molecule has 0 aromatic heterocycles. The monoisotopic (exact) mass is 560 g/mol. The summed E-state index contributed by atoms with van der Waals surface area (Å²) >= 11 is 0. The Hall–Kier alpha value is -2.82. The number of aliphatic hydroxyl groups excluding tert-OH is 4. The lowest BCUT2D eigenvalue weighted by Crippen LogP contribution is -2.65. The predicted molar refractivity (Wildman–Crippen MR) is 157 cm³/mol. The Morgan fingerprint density at radius 3 is 1.73 bits per heavy atom. The molecular formula is C31H48N2O7. The second-order valence-corrected chi connectivity index (χ2v) is 9.51. The van der Waals surface area contributed by atoms with Crippen molar-refractivity contribution in [3.63, 3.8) is 0 Å². The van der Waals surface area contributed by atoms with Gasteiger partial charge in [-0.1, -0.05) is 79.8 Å². The van der Waals surface area contributed by atoms with Crippen molar-refractivity contribution in [2.45, 2.75) is 102 Å². The molecule has 0 bridgehead atoms. The molecule has 1 aliphatic heterocycles. The van der Waals surface area contributed by atoms with Gasteiger partial charge in [0.25, 0.3) is 0 Å². The molecule has 0 spiro atoms. The van der Waals surface area contributed by atoms with Gasteiger partial charge in [-0.2, -0.15) is 0 Å². The van der Waals surface area contributed by atoms with Gasteiger partial charge in [0.05, 0.1) is 6.61 Å². The summed E-state index contributed by atoms with van der Waals surface area (Å²) in [4.78, 5) is 24.5. The third-order valence-corrected chi connectivity index (χ3v) is 6.11. The predicted octanol–water partition coefficient (Wildman–Crippen LogP) is 2.89. The maximum atomic E-state index is 12.4. The van der Waals surface area contributed by atoms with Gasteiger partial charge in [0.1, 0.15) is 30.4 Å². The topological polar surface area (TPSA) is 148 Å². The van der Waals surface area contributed by atoms with Crippen LogP contribution in [0.1, 0.15) is 65.2 Å².